The molecule has 0 aromatic heterocycles. The minimum atomic E-state index is 0.270. The van der Waals surface area contributed by atoms with Crippen molar-refractivity contribution in [3.8, 4) is 5.75 Å². The van der Waals surface area contributed by atoms with Crippen molar-refractivity contribution in [2.75, 3.05) is 0 Å². The van der Waals surface area contributed by atoms with Crippen molar-refractivity contribution in [3.63, 3.8) is 0 Å². The molecule has 1 fully saturated rings. The average molecular weight is 203 g/mol. The average Bonchev–Trinajstić information content (AvgIpc) is 2.81. The maximum Gasteiger partial charge on any atom is 0.120 e. The summed E-state index contributed by atoms with van der Waals surface area (Å²) in [6.07, 6.45) is 2.21. The molecule has 0 bridgehead atoms. The highest BCUT2D eigenvalue weighted by molar-refractivity contribution is 6.42. The van der Waals surface area contributed by atoms with Crippen molar-refractivity contribution in [2.45, 2.75) is 18.8 Å². The second-order valence-electron chi connectivity index (χ2n) is 3.07. The Morgan fingerprint density at radius 3 is 2.50 bits per heavy atom. The Kier molecular flexibility index (Phi) is 1.93. The predicted octanol–water partition coefficient (Wildman–Crippen LogP) is 3.58. The van der Waals surface area contributed by atoms with Gasteiger partial charge in [0.1, 0.15) is 5.75 Å². The van der Waals surface area contributed by atoms with Gasteiger partial charge in [-0.2, -0.15) is 0 Å². The molecule has 3 heteroatoms. The number of hydrogen-bond acceptors (Lipinski definition) is 1. The summed E-state index contributed by atoms with van der Waals surface area (Å²) in [5.41, 5.74) is 0.823. The van der Waals surface area contributed by atoms with Gasteiger partial charge in [-0.15, -0.1) is 0 Å². The second-order valence-corrected chi connectivity index (χ2v) is 3.85. The third kappa shape index (κ3) is 1.27. The molecule has 0 amide bonds. The normalized spacial score (nSPS) is 16.5. The molecule has 1 N–H and O–H groups in total. The van der Waals surface area contributed by atoms with Gasteiger partial charge in [0.15, 0.2) is 0 Å². The molecule has 0 atom stereocenters. The van der Waals surface area contributed by atoms with Crippen LogP contribution in [-0.2, 0) is 0 Å². The highest BCUT2D eigenvalue weighted by Crippen LogP contribution is 2.48. The number of hydrogen-bond donors (Lipinski definition) is 1. The molecule has 2 rings (SSSR count). The third-order valence-electron chi connectivity index (χ3n) is 2.10. The zero-order valence-electron chi connectivity index (χ0n) is 6.35. The fraction of sp³-hybridized carbons (Fsp3) is 0.333. The lowest BCUT2D eigenvalue weighted by Crippen LogP contribution is -1.83. The topological polar surface area (TPSA) is 20.2 Å². The Morgan fingerprint density at radius 1 is 1.25 bits per heavy atom. The van der Waals surface area contributed by atoms with Crippen molar-refractivity contribution in [1.29, 1.82) is 0 Å². The van der Waals surface area contributed by atoms with Crippen LogP contribution in [0.5, 0.6) is 5.75 Å². The molecule has 1 aromatic rings. The Hall–Kier alpha value is -0.400. The van der Waals surface area contributed by atoms with Gasteiger partial charge in [0.25, 0.3) is 0 Å². The number of aromatic hydroxyl groups is 1. The summed E-state index contributed by atoms with van der Waals surface area (Å²) in [5.74, 6) is 0.697. The standard InChI is InChI=1S/C9H8Cl2O/c10-6-3-4-7(12)8(9(6)11)5-1-2-5/h3-5,12H,1-2H2. The molecule has 1 saturated carbocycles. The van der Waals surface area contributed by atoms with Gasteiger partial charge in [0.05, 0.1) is 10.0 Å². The molecule has 0 spiro atoms. The zero-order valence-corrected chi connectivity index (χ0v) is 7.86. The molecule has 12 heavy (non-hydrogen) atoms. The van der Waals surface area contributed by atoms with E-state index in [9.17, 15) is 5.11 Å². The van der Waals surface area contributed by atoms with E-state index in [1.165, 1.54) is 0 Å². The number of phenols is 1. The largest absolute Gasteiger partial charge is 0.508 e. The minimum absolute atomic E-state index is 0.270. The highest BCUT2D eigenvalue weighted by atomic mass is 35.5. The van der Waals surface area contributed by atoms with E-state index in [0.717, 1.165) is 18.4 Å². The van der Waals surface area contributed by atoms with Crippen LogP contribution in [0.3, 0.4) is 0 Å². The van der Waals surface area contributed by atoms with Gasteiger partial charge in [-0.25, -0.2) is 0 Å². The van der Waals surface area contributed by atoms with Gasteiger partial charge in [-0.1, -0.05) is 23.2 Å². The summed E-state index contributed by atoms with van der Waals surface area (Å²) in [7, 11) is 0. The number of rotatable bonds is 1. The Balaban J connectivity index is 2.55. The molecule has 0 aliphatic heterocycles. The molecule has 0 unspecified atom stereocenters. The van der Waals surface area contributed by atoms with Crippen LogP contribution in [0.4, 0.5) is 0 Å². The van der Waals surface area contributed by atoms with Crippen molar-refractivity contribution in [2.24, 2.45) is 0 Å². The van der Waals surface area contributed by atoms with Crippen LogP contribution in [-0.4, -0.2) is 5.11 Å². The van der Waals surface area contributed by atoms with E-state index in [4.69, 9.17) is 23.2 Å². The van der Waals surface area contributed by atoms with E-state index < -0.39 is 0 Å². The fourth-order valence-corrected chi connectivity index (χ4v) is 1.80. The Bertz CT molecular complexity index is 319. The zero-order chi connectivity index (χ0) is 8.72. The van der Waals surface area contributed by atoms with Crippen LogP contribution in [0.15, 0.2) is 12.1 Å². The van der Waals surface area contributed by atoms with Gasteiger partial charge >= 0.3 is 0 Å². The minimum Gasteiger partial charge on any atom is -0.508 e. The molecule has 0 radical (unpaired) electrons. The molecular formula is C9H8Cl2O. The highest BCUT2D eigenvalue weighted by Gasteiger charge is 2.29. The lowest BCUT2D eigenvalue weighted by atomic mass is 10.1. The fourth-order valence-electron chi connectivity index (χ4n) is 1.32. The summed E-state index contributed by atoms with van der Waals surface area (Å²) in [6, 6.07) is 3.22. The second kappa shape index (κ2) is 2.82. The summed E-state index contributed by atoms with van der Waals surface area (Å²) in [5, 5.41) is 10.5. The Labute approximate surface area is 80.9 Å². The van der Waals surface area contributed by atoms with Gasteiger partial charge in [-0.3, -0.25) is 0 Å². The number of phenolic OH excluding ortho intramolecular Hbond substituents is 1. The quantitative estimate of drug-likeness (QED) is 0.739. The first-order chi connectivity index (χ1) is 5.70. The Morgan fingerprint density at radius 2 is 1.92 bits per heavy atom. The third-order valence-corrected chi connectivity index (χ3v) is 2.91. The monoisotopic (exact) mass is 202 g/mol. The molecule has 64 valence electrons. The van der Waals surface area contributed by atoms with Gasteiger partial charge < -0.3 is 5.11 Å². The van der Waals surface area contributed by atoms with Crippen molar-refractivity contribution < 1.29 is 5.11 Å². The van der Waals surface area contributed by atoms with Crippen molar-refractivity contribution in [1.82, 2.24) is 0 Å². The van der Waals surface area contributed by atoms with E-state index in [-0.39, 0.29) is 5.75 Å². The van der Waals surface area contributed by atoms with Crippen molar-refractivity contribution >= 4 is 23.2 Å². The van der Waals surface area contributed by atoms with Gasteiger partial charge in [0.2, 0.25) is 0 Å². The predicted molar refractivity (Wildman–Crippen MR) is 50.1 cm³/mol. The first-order valence-electron chi connectivity index (χ1n) is 3.87. The molecule has 1 aliphatic carbocycles. The van der Waals surface area contributed by atoms with Crippen molar-refractivity contribution in [3.05, 3.63) is 27.7 Å². The molecule has 0 heterocycles. The molecule has 1 aliphatic rings. The summed E-state index contributed by atoms with van der Waals surface area (Å²) >= 11 is 11.8. The molecule has 0 saturated heterocycles. The number of halogens is 2. The van der Waals surface area contributed by atoms with Crippen LogP contribution in [0.25, 0.3) is 0 Å². The van der Waals surface area contributed by atoms with E-state index in [1.807, 2.05) is 0 Å². The molecule has 1 nitrogen and oxygen atoms in total. The van der Waals surface area contributed by atoms with Crippen LogP contribution in [0.1, 0.15) is 24.3 Å². The van der Waals surface area contributed by atoms with Gasteiger partial charge in [-0.05, 0) is 30.9 Å². The lowest BCUT2D eigenvalue weighted by Gasteiger charge is -2.06. The van der Waals surface area contributed by atoms with Gasteiger partial charge in [0, 0.05) is 5.56 Å². The van der Waals surface area contributed by atoms with Crippen LogP contribution in [0, 0.1) is 0 Å². The maximum atomic E-state index is 9.48. The van der Waals surface area contributed by atoms with E-state index in [0.29, 0.717) is 16.0 Å². The SMILES string of the molecule is Oc1ccc(Cl)c(Cl)c1C1CC1. The first kappa shape index (κ1) is 8.21. The smallest absolute Gasteiger partial charge is 0.120 e. The number of benzene rings is 1. The summed E-state index contributed by atoms with van der Waals surface area (Å²) < 4.78 is 0. The summed E-state index contributed by atoms with van der Waals surface area (Å²) in [4.78, 5) is 0. The maximum absolute atomic E-state index is 9.48. The summed E-state index contributed by atoms with van der Waals surface area (Å²) in [6.45, 7) is 0. The van der Waals surface area contributed by atoms with E-state index >= 15 is 0 Å². The van der Waals surface area contributed by atoms with E-state index in [2.05, 4.69) is 0 Å². The first-order valence-corrected chi connectivity index (χ1v) is 4.62. The van der Waals surface area contributed by atoms with Crippen LogP contribution >= 0.6 is 23.2 Å². The molecular weight excluding hydrogens is 195 g/mol. The molecule has 1 aromatic carbocycles. The van der Waals surface area contributed by atoms with Crippen LogP contribution in [0.2, 0.25) is 10.0 Å². The van der Waals surface area contributed by atoms with Crippen LogP contribution < -0.4 is 0 Å². The lowest BCUT2D eigenvalue weighted by molar-refractivity contribution is 0.468. The van der Waals surface area contributed by atoms with E-state index in [1.54, 1.807) is 12.1 Å².